The lowest BCUT2D eigenvalue weighted by atomic mass is 9.96. The van der Waals surface area contributed by atoms with Gasteiger partial charge in [-0.1, -0.05) is 12.1 Å². The molecular formula is C17H22N4O. The predicted octanol–water partition coefficient (Wildman–Crippen LogP) is 2.05. The average Bonchev–Trinajstić information content (AvgIpc) is 3.10. The molecular weight excluding hydrogens is 276 g/mol. The fourth-order valence-electron chi connectivity index (χ4n) is 2.84. The Morgan fingerprint density at radius 3 is 2.68 bits per heavy atom. The van der Waals surface area contributed by atoms with Crippen LogP contribution in [-0.4, -0.2) is 28.8 Å². The zero-order chi connectivity index (χ0) is 15.4. The Morgan fingerprint density at radius 1 is 1.32 bits per heavy atom. The summed E-state index contributed by atoms with van der Waals surface area (Å²) in [7, 11) is 0. The molecule has 5 nitrogen and oxygen atoms in total. The van der Waals surface area contributed by atoms with E-state index < -0.39 is 0 Å². The molecule has 0 bridgehead atoms. The maximum atomic E-state index is 12.3. The maximum absolute atomic E-state index is 12.3. The Morgan fingerprint density at radius 2 is 2.05 bits per heavy atom. The van der Waals surface area contributed by atoms with Crippen LogP contribution in [0.15, 0.2) is 42.7 Å². The topological polar surface area (TPSA) is 59.0 Å². The monoisotopic (exact) mass is 298 g/mol. The average molecular weight is 298 g/mol. The van der Waals surface area contributed by atoms with Gasteiger partial charge in [0, 0.05) is 18.3 Å². The van der Waals surface area contributed by atoms with Crippen LogP contribution in [0.2, 0.25) is 0 Å². The number of hydrogen-bond acceptors (Lipinski definition) is 3. The zero-order valence-electron chi connectivity index (χ0n) is 12.8. The quantitative estimate of drug-likeness (QED) is 0.908. The minimum absolute atomic E-state index is 0.0223. The van der Waals surface area contributed by atoms with E-state index in [1.54, 1.807) is 6.20 Å². The molecule has 2 aromatic rings. The Labute approximate surface area is 130 Å². The molecule has 1 unspecified atom stereocenters. The van der Waals surface area contributed by atoms with Crippen molar-refractivity contribution in [1.29, 1.82) is 0 Å². The SMILES string of the molecule is CC(NC(=O)C1CCNCC1)c1ccc(-n2cccn2)cc1. The summed E-state index contributed by atoms with van der Waals surface area (Å²) in [4.78, 5) is 12.3. The van der Waals surface area contributed by atoms with Gasteiger partial charge in [0.05, 0.1) is 11.7 Å². The first-order valence-corrected chi connectivity index (χ1v) is 7.85. The minimum atomic E-state index is 0.0223. The van der Waals surface area contributed by atoms with Gasteiger partial charge in [-0.25, -0.2) is 4.68 Å². The van der Waals surface area contributed by atoms with Gasteiger partial charge in [0.1, 0.15) is 0 Å². The number of aromatic nitrogens is 2. The molecule has 5 heteroatoms. The highest BCUT2D eigenvalue weighted by Gasteiger charge is 2.22. The van der Waals surface area contributed by atoms with Crippen molar-refractivity contribution in [3.05, 3.63) is 48.3 Å². The van der Waals surface area contributed by atoms with Gasteiger partial charge < -0.3 is 10.6 Å². The second-order valence-electron chi connectivity index (χ2n) is 5.80. The van der Waals surface area contributed by atoms with Crippen LogP contribution < -0.4 is 10.6 Å². The van der Waals surface area contributed by atoms with Crippen LogP contribution in [0.1, 0.15) is 31.4 Å². The lowest BCUT2D eigenvalue weighted by Gasteiger charge is -2.24. The van der Waals surface area contributed by atoms with Crippen molar-refractivity contribution in [2.24, 2.45) is 5.92 Å². The molecule has 1 aromatic heterocycles. The van der Waals surface area contributed by atoms with Crippen molar-refractivity contribution in [2.45, 2.75) is 25.8 Å². The molecule has 22 heavy (non-hydrogen) atoms. The van der Waals surface area contributed by atoms with Crippen molar-refractivity contribution in [3.8, 4) is 5.69 Å². The van der Waals surface area contributed by atoms with Crippen LogP contribution in [0.25, 0.3) is 5.69 Å². The lowest BCUT2D eigenvalue weighted by Crippen LogP contribution is -2.39. The molecule has 1 amide bonds. The van der Waals surface area contributed by atoms with Gasteiger partial charge in [0.15, 0.2) is 0 Å². The predicted molar refractivity (Wildman–Crippen MR) is 85.7 cm³/mol. The van der Waals surface area contributed by atoms with Crippen LogP contribution in [0, 0.1) is 5.92 Å². The molecule has 0 saturated carbocycles. The molecule has 1 fully saturated rings. The number of nitrogens with zero attached hydrogens (tertiary/aromatic N) is 2. The van der Waals surface area contributed by atoms with E-state index in [1.807, 2.05) is 48.1 Å². The van der Waals surface area contributed by atoms with Crippen molar-refractivity contribution >= 4 is 5.91 Å². The third kappa shape index (κ3) is 3.36. The third-order valence-electron chi connectivity index (χ3n) is 4.23. The van der Waals surface area contributed by atoms with Crippen LogP contribution in [0.3, 0.4) is 0 Å². The number of hydrogen-bond donors (Lipinski definition) is 2. The van der Waals surface area contributed by atoms with E-state index in [9.17, 15) is 4.79 Å². The standard InChI is InChI=1S/C17H22N4O/c1-13(20-17(22)15-7-10-18-11-8-15)14-3-5-16(6-4-14)21-12-2-9-19-21/h2-6,9,12-13,15,18H,7-8,10-11H2,1H3,(H,20,22). The summed E-state index contributed by atoms with van der Waals surface area (Å²) >= 11 is 0. The van der Waals surface area contributed by atoms with E-state index in [0.717, 1.165) is 37.2 Å². The third-order valence-corrected chi connectivity index (χ3v) is 4.23. The van der Waals surface area contributed by atoms with Gasteiger partial charge in [0.2, 0.25) is 5.91 Å². The summed E-state index contributed by atoms with van der Waals surface area (Å²) in [6.07, 6.45) is 5.53. The fraction of sp³-hybridized carbons (Fsp3) is 0.412. The number of carbonyl (C=O) groups is 1. The molecule has 0 radical (unpaired) electrons. The van der Waals surface area contributed by atoms with Crippen molar-refractivity contribution in [1.82, 2.24) is 20.4 Å². The molecule has 1 atom stereocenters. The van der Waals surface area contributed by atoms with E-state index >= 15 is 0 Å². The van der Waals surface area contributed by atoms with Gasteiger partial charge in [-0.05, 0) is 56.6 Å². The van der Waals surface area contributed by atoms with Crippen LogP contribution in [-0.2, 0) is 4.79 Å². The highest BCUT2D eigenvalue weighted by molar-refractivity contribution is 5.79. The molecule has 1 aromatic carbocycles. The molecule has 0 spiro atoms. The Balaban J connectivity index is 1.62. The zero-order valence-corrected chi connectivity index (χ0v) is 12.8. The maximum Gasteiger partial charge on any atom is 0.223 e. The summed E-state index contributed by atoms with van der Waals surface area (Å²) in [5.74, 6) is 0.317. The first kappa shape index (κ1) is 14.8. The van der Waals surface area contributed by atoms with Crippen LogP contribution in [0.4, 0.5) is 0 Å². The van der Waals surface area contributed by atoms with Gasteiger partial charge in [0.25, 0.3) is 0 Å². The molecule has 2 heterocycles. The van der Waals surface area contributed by atoms with Crippen molar-refractivity contribution in [3.63, 3.8) is 0 Å². The highest BCUT2D eigenvalue weighted by Crippen LogP contribution is 2.18. The van der Waals surface area contributed by atoms with Gasteiger partial charge in [-0.2, -0.15) is 5.10 Å². The Hall–Kier alpha value is -2.14. The summed E-state index contributed by atoms with van der Waals surface area (Å²) < 4.78 is 1.82. The highest BCUT2D eigenvalue weighted by atomic mass is 16.1. The summed E-state index contributed by atoms with van der Waals surface area (Å²) in [6.45, 7) is 3.90. The first-order chi connectivity index (χ1) is 10.7. The molecule has 3 rings (SSSR count). The number of piperidine rings is 1. The number of carbonyl (C=O) groups excluding carboxylic acids is 1. The summed E-state index contributed by atoms with van der Waals surface area (Å²) in [5, 5.41) is 10.6. The molecule has 0 aliphatic carbocycles. The molecule has 1 aliphatic heterocycles. The molecule has 2 N–H and O–H groups in total. The summed E-state index contributed by atoms with van der Waals surface area (Å²) in [5.41, 5.74) is 2.13. The van der Waals surface area contributed by atoms with E-state index in [2.05, 4.69) is 15.7 Å². The number of amides is 1. The second-order valence-corrected chi connectivity index (χ2v) is 5.80. The molecule has 116 valence electrons. The van der Waals surface area contributed by atoms with E-state index in [-0.39, 0.29) is 17.9 Å². The Kier molecular flexibility index (Phi) is 4.53. The number of rotatable bonds is 4. The Bertz CT molecular complexity index is 600. The molecule has 1 aliphatic rings. The van der Waals surface area contributed by atoms with Gasteiger partial charge in [-0.3, -0.25) is 4.79 Å². The van der Waals surface area contributed by atoms with Crippen LogP contribution >= 0.6 is 0 Å². The van der Waals surface area contributed by atoms with Crippen molar-refractivity contribution < 1.29 is 4.79 Å². The number of benzene rings is 1. The minimum Gasteiger partial charge on any atom is -0.349 e. The van der Waals surface area contributed by atoms with E-state index in [0.29, 0.717) is 0 Å². The largest absolute Gasteiger partial charge is 0.349 e. The summed E-state index contributed by atoms with van der Waals surface area (Å²) in [6, 6.07) is 10.1. The van der Waals surface area contributed by atoms with Gasteiger partial charge >= 0.3 is 0 Å². The fourth-order valence-corrected chi connectivity index (χ4v) is 2.84. The van der Waals surface area contributed by atoms with Gasteiger partial charge in [-0.15, -0.1) is 0 Å². The molecule has 1 saturated heterocycles. The second kappa shape index (κ2) is 6.75. The first-order valence-electron chi connectivity index (χ1n) is 7.85. The van der Waals surface area contributed by atoms with Crippen LogP contribution in [0.5, 0.6) is 0 Å². The normalized spacial score (nSPS) is 17.1. The number of nitrogens with one attached hydrogen (secondary N) is 2. The van der Waals surface area contributed by atoms with Crippen molar-refractivity contribution in [2.75, 3.05) is 13.1 Å². The lowest BCUT2D eigenvalue weighted by molar-refractivity contribution is -0.126. The van der Waals surface area contributed by atoms with E-state index in [4.69, 9.17) is 0 Å². The smallest absolute Gasteiger partial charge is 0.223 e. The van der Waals surface area contributed by atoms with E-state index in [1.165, 1.54) is 0 Å².